The van der Waals surface area contributed by atoms with Crippen molar-refractivity contribution in [3.05, 3.63) is 0 Å². The van der Waals surface area contributed by atoms with Gasteiger partial charge in [-0.05, 0) is 25.2 Å². The topological polar surface area (TPSA) is 20.3 Å². The summed E-state index contributed by atoms with van der Waals surface area (Å²) < 4.78 is 0. The van der Waals surface area contributed by atoms with Gasteiger partial charge < -0.3 is 4.90 Å². The number of halogens is 1. The summed E-state index contributed by atoms with van der Waals surface area (Å²) in [5, 5.41) is 0. The SMILES string of the molecule is CC(C)N(CCCl)C(=O)CC(C)C(C)(C)C. The smallest absolute Gasteiger partial charge is 0.223 e. The number of hydrogen-bond donors (Lipinski definition) is 0. The molecule has 0 aromatic carbocycles. The fourth-order valence-corrected chi connectivity index (χ4v) is 1.63. The molecule has 0 fully saturated rings. The number of alkyl halides is 1. The van der Waals surface area contributed by atoms with Crippen LogP contribution in [0.5, 0.6) is 0 Å². The van der Waals surface area contributed by atoms with Crippen LogP contribution >= 0.6 is 11.6 Å². The molecule has 1 amide bonds. The lowest BCUT2D eigenvalue weighted by molar-refractivity contribution is -0.134. The van der Waals surface area contributed by atoms with Gasteiger partial charge in [-0.3, -0.25) is 4.79 Å². The third kappa shape index (κ3) is 5.20. The molecule has 3 heteroatoms. The minimum atomic E-state index is 0.180. The Bertz CT molecular complexity index is 220. The zero-order chi connectivity index (χ0) is 12.9. The van der Waals surface area contributed by atoms with Crippen LogP contribution < -0.4 is 0 Å². The molecule has 0 aliphatic heterocycles. The Morgan fingerprint density at radius 1 is 1.25 bits per heavy atom. The predicted molar refractivity (Wildman–Crippen MR) is 70.8 cm³/mol. The zero-order valence-corrected chi connectivity index (χ0v) is 12.3. The molecule has 0 bridgehead atoms. The Hall–Kier alpha value is -0.240. The van der Waals surface area contributed by atoms with Gasteiger partial charge in [0.1, 0.15) is 0 Å². The molecule has 0 radical (unpaired) electrons. The second kappa shape index (κ2) is 6.48. The number of hydrogen-bond acceptors (Lipinski definition) is 1. The Morgan fingerprint density at radius 3 is 2.06 bits per heavy atom. The second-order valence-corrected chi connectivity index (χ2v) is 6.22. The van der Waals surface area contributed by atoms with Gasteiger partial charge in [-0.2, -0.15) is 0 Å². The normalized spacial score (nSPS) is 14.0. The van der Waals surface area contributed by atoms with Crippen LogP contribution in [-0.4, -0.2) is 29.3 Å². The minimum Gasteiger partial charge on any atom is -0.339 e. The van der Waals surface area contributed by atoms with E-state index in [0.29, 0.717) is 24.8 Å². The van der Waals surface area contributed by atoms with Crippen molar-refractivity contribution in [1.82, 2.24) is 4.90 Å². The van der Waals surface area contributed by atoms with Crippen LogP contribution in [0, 0.1) is 11.3 Å². The molecule has 0 saturated carbocycles. The fraction of sp³-hybridized carbons (Fsp3) is 0.923. The Labute approximate surface area is 105 Å². The van der Waals surface area contributed by atoms with E-state index >= 15 is 0 Å². The molecule has 2 nitrogen and oxygen atoms in total. The number of amides is 1. The molecule has 0 aliphatic carbocycles. The van der Waals surface area contributed by atoms with Gasteiger partial charge in [0.2, 0.25) is 5.91 Å². The predicted octanol–water partition coefficient (Wildman–Crippen LogP) is 3.53. The van der Waals surface area contributed by atoms with Crippen molar-refractivity contribution in [2.75, 3.05) is 12.4 Å². The molecule has 16 heavy (non-hydrogen) atoms. The maximum Gasteiger partial charge on any atom is 0.223 e. The van der Waals surface area contributed by atoms with Crippen LogP contribution in [0.25, 0.3) is 0 Å². The largest absolute Gasteiger partial charge is 0.339 e. The van der Waals surface area contributed by atoms with Gasteiger partial charge >= 0.3 is 0 Å². The van der Waals surface area contributed by atoms with Crippen molar-refractivity contribution in [2.24, 2.45) is 11.3 Å². The molecule has 0 spiro atoms. The highest BCUT2D eigenvalue weighted by molar-refractivity contribution is 6.18. The molecule has 0 N–H and O–H groups in total. The summed E-state index contributed by atoms with van der Waals surface area (Å²) in [7, 11) is 0. The van der Waals surface area contributed by atoms with Gasteiger partial charge in [-0.15, -0.1) is 11.6 Å². The molecule has 0 aromatic heterocycles. The highest BCUT2D eigenvalue weighted by Gasteiger charge is 2.25. The monoisotopic (exact) mass is 247 g/mol. The first-order valence-electron chi connectivity index (χ1n) is 6.05. The van der Waals surface area contributed by atoms with E-state index in [1.165, 1.54) is 0 Å². The van der Waals surface area contributed by atoms with Crippen LogP contribution in [0.3, 0.4) is 0 Å². The first-order valence-corrected chi connectivity index (χ1v) is 6.59. The molecular weight excluding hydrogens is 222 g/mol. The molecule has 0 aliphatic rings. The second-order valence-electron chi connectivity index (χ2n) is 5.84. The van der Waals surface area contributed by atoms with Gasteiger partial charge in [-0.1, -0.05) is 27.7 Å². The first kappa shape index (κ1) is 15.8. The lowest BCUT2D eigenvalue weighted by Crippen LogP contribution is -2.40. The third-order valence-electron chi connectivity index (χ3n) is 3.23. The average molecular weight is 248 g/mol. The first-order chi connectivity index (χ1) is 7.20. The van der Waals surface area contributed by atoms with Crippen molar-refractivity contribution in [2.45, 2.75) is 54.0 Å². The van der Waals surface area contributed by atoms with Crippen LogP contribution in [0.1, 0.15) is 48.0 Å². The van der Waals surface area contributed by atoms with Gasteiger partial charge in [0.25, 0.3) is 0 Å². The summed E-state index contributed by atoms with van der Waals surface area (Å²) in [4.78, 5) is 14.0. The number of rotatable bonds is 5. The number of carbonyl (C=O) groups is 1. The van der Waals surface area contributed by atoms with E-state index in [1.807, 2.05) is 18.7 Å². The van der Waals surface area contributed by atoms with E-state index in [1.54, 1.807) is 0 Å². The summed E-state index contributed by atoms with van der Waals surface area (Å²) in [6.07, 6.45) is 0.610. The molecule has 0 aromatic rings. The van der Waals surface area contributed by atoms with Crippen molar-refractivity contribution >= 4 is 17.5 Å². The van der Waals surface area contributed by atoms with E-state index < -0.39 is 0 Å². The molecule has 1 atom stereocenters. The lowest BCUT2D eigenvalue weighted by Gasteiger charge is -2.31. The number of nitrogens with zero attached hydrogens (tertiary/aromatic N) is 1. The Balaban J connectivity index is 4.42. The van der Waals surface area contributed by atoms with E-state index in [0.717, 1.165) is 0 Å². The van der Waals surface area contributed by atoms with Crippen molar-refractivity contribution < 1.29 is 4.79 Å². The average Bonchev–Trinajstić information content (AvgIpc) is 2.11. The van der Waals surface area contributed by atoms with Crippen molar-refractivity contribution in [1.29, 1.82) is 0 Å². The van der Waals surface area contributed by atoms with Crippen molar-refractivity contribution in [3.8, 4) is 0 Å². The van der Waals surface area contributed by atoms with Gasteiger partial charge in [-0.25, -0.2) is 0 Å². The zero-order valence-electron chi connectivity index (χ0n) is 11.5. The Morgan fingerprint density at radius 2 is 1.75 bits per heavy atom. The van der Waals surface area contributed by atoms with E-state index in [4.69, 9.17) is 11.6 Å². The highest BCUT2D eigenvalue weighted by atomic mass is 35.5. The van der Waals surface area contributed by atoms with E-state index in [-0.39, 0.29) is 17.4 Å². The Kier molecular flexibility index (Phi) is 6.39. The van der Waals surface area contributed by atoms with Crippen molar-refractivity contribution in [3.63, 3.8) is 0 Å². The highest BCUT2D eigenvalue weighted by Crippen LogP contribution is 2.28. The summed E-state index contributed by atoms with van der Waals surface area (Å²) >= 11 is 5.72. The van der Waals surface area contributed by atoms with Crippen LogP contribution in [0.2, 0.25) is 0 Å². The summed E-state index contributed by atoms with van der Waals surface area (Å²) in [5.74, 6) is 1.11. The third-order valence-corrected chi connectivity index (χ3v) is 3.40. The summed E-state index contributed by atoms with van der Waals surface area (Å²) in [6, 6.07) is 0.235. The maximum absolute atomic E-state index is 12.1. The van der Waals surface area contributed by atoms with Crippen LogP contribution in [0.15, 0.2) is 0 Å². The van der Waals surface area contributed by atoms with Crippen LogP contribution in [0.4, 0.5) is 0 Å². The van der Waals surface area contributed by atoms with Gasteiger partial charge in [0, 0.05) is 24.9 Å². The van der Waals surface area contributed by atoms with Gasteiger partial charge in [0.15, 0.2) is 0 Å². The van der Waals surface area contributed by atoms with Crippen LogP contribution in [-0.2, 0) is 4.79 Å². The van der Waals surface area contributed by atoms with E-state index in [2.05, 4.69) is 27.7 Å². The maximum atomic E-state index is 12.1. The minimum absolute atomic E-state index is 0.180. The van der Waals surface area contributed by atoms with Gasteiger partial charge in [0.05, 0.1) is 0 Å². The standard InChI is InChI=1S/C13H26ClNO/c1-10(2)15(8-7-14)12(16)9-11(3)13(4,5)6/h10-11H,7-9H2,1-6H3. The fourth-order valence-electron chi connectivity index (χ4n) is 1.45. The quantitative estimate of drug-likeness (QED) is 0.681. The lowest BCUT2D eigenvalue weighted by atomic mass is 9.80. The molecule has 1 unspecified atom stereocenters. The summed E-state index contributed by atoms with van der Waals surface area (Å²) in [5.41, 5.74) is 0.180. The molecule has 0 heterocycles. The summed E-state index contributed by atoms with van der Waals surface area (Å²) in [6.45, 7) is 13.4. The molecule has 0 saturated heterocycles. The molecule has 96 valence electrons. The van der Waals surface area contributed by atoms with E-state index in [9.17, 15) is 4.79 Å². The molecule has 0 rings (SSSR count). The number of carbonyl (C=O) groups excluding carboxylic acids is 1. The molecular formula is C13H26ClNO.